The normalized spacial score (nSPS) is 13.3. The second kappa shape index (κ2) is 18.3. The minimum absolute atomic E-state index is 0.0419. The molecule has 0 aromatic heterocycles. The number of rotatable bonds is 18. The summed E-state index contributed by atoms with van der Waals surface area (Å²) in [7, 11) is 3.90. The SMILES string of the molecule is CCCN(CCC)C(=O)c1cccc(C(=O)N[C@@H](Cc2cc(F)cc(F)c2)[C@@H](O)C[C@@H](CC)C(=O)NCCCN(C)C)c1. The summed E-state index contributed by atoms with van der Waals surface area (Å²) in [6, 6.07) is 8.46. The molecule has 3 amide bonds. The molecule has 0 aliphatic heterocycles. The fourth-order valence-electron chi connectivity index (χ4n) is 5.01. The standard InChI is InChI=1S/C33H48F2N4O4/c1-6-14-39(15-7-2)33(43)26-12-9-11-25(20-26)32(42)37-29(19-23-17-27(34)22-28(35)18-23)30(40)21-24(8-3)31(41)36-13-10-16-38(4)5/h9,11-12,17-18,20,22,24,29-30,40H,6-8,10,13-16,19,21H2,1-5H3,(H,36,41)(H,37,42)/t24-,29+,30+/m1/s1. The van der Waals surface area contributed by atoms with Crippen molar-refractivity contribution in [2.24, 2.45) is 5.92 Å². The molecular weight excluding hydrogens is 554 g/mol. The van der Waals surface area contributed by atoms with E-state index in [0.29, 0.717) is 31.6 Å². The highest BCUT2D eigenvalue weighted by molar-refractivity contribution is 5.99. The van der Waals surface area contributed by atoms with E-state index in [1.54, 1.807) is 23.1 Å². The van der Waals surface area contributed by atoms with Crippen LogP contribution < -0.4 is 10.6 Å². The van der Waals surface area contributed by atoms with Crippen molar-refractivity contribution in [3.8, 4) is 0 Å². The number of nitrogens with zero attached hydrogens (tertiary/aromatic N) is 2. The minimum atomic E-state index is -1.19. The van der Waals surface area contributed by atoms with Crippen LogP contribution in [0.5, 0.6) is 0 Å². The second-order valence-electron chi connectivity index (χ2n) is 11.3. The number of amides is 3. The van der Waals surface area contributed by atoms with Gasteiger partial charge in [0, 0.05) is 42.7 Å². The van der Waals surface area contributed by atoms with E-state index in [9.17, 15) is 28.3 Å². The molecule has 0 aliphatic rings. The zero-order chi connectivity index (χ0) is 31.9. The summed E-state index contributed by atoms with van der Waals surface area (Å²) in [5.41, 5.74) is 0.838. The molecule has 2 aromatic carbocycles. The predicted molar refractivity (Wildman–Crippen MR) is 165 cm³/mol. The first kappa shape index (κ1) is 35.8. The van der Waals surface area contributed by atoms with Crippen molar-refractivity contribution in [3.05, 3.63) is 70.8 Å². The molecule has 3 N–H and O–H groups in total. The lowest BCUT2D eigenvalue weighted by Crippen LogP contribution is -2.47. The summed E-state index contributed by atoms with van der Waals surface area (Å²) in [6.45, 7) is 8.35. The van der Waals surface area contributed by atoms with E-state index in [2.05, 4.69) is 10.6 Å². The average Bonchev–Trinajstić information content (AvgIpc) is 2.96. The van der Waals surface area contributed by atoms with Gasteiger partial charge in [-0.2, -0.15) is 0 Å². The number of aliphatic hydroxyl groups excluding tert-OH is 1. The molecule has 0 radical (unpaired) electrons. The summed E-state index contributed by atoms with van der Waals surface area (Å²) in [5.74, 6) is -2.98. The first-order chi connectivity index (χ1) is 20.5. The molecule has 0 spiro atoms. The lowest BCUT2D eigenvalue weighted by molar-refractivity contribution is -0.126. The zero-order valence-electron chi connectivity index (χ0n) is 26.2. The maximum atomic E-state index is 14.0. The molecule has 10 heteroatoms. The maximum Gasteiger partial charge on any atom is 0.253 e. The van der Waals surface area contributed by atoms with Gasteiger partial charge in [-0.15, -0.1) is 0 Å². The number of hydrogen-bond acceptors (Lipinski definition) is 5. The van der Waals surface area contributed by atoms with Crippen molar-refractivity contribution in [3.63, 3.8) is 0 Å². The zero-order valence-corrected chi connectivity index (χ0v) is 26.2. The van der Waals surface area contributed by atoms with Crippen LogP contribution in [0.4, 0.5) is 8.78 Å². The number of halogens is 2. The Bertz CT molecular complexity index is 1170. The predicted octanol–water partition coefficient (Wildman–Crippen LogP) is 4.41. The lowest BCUT2D eigenvalue weighted by atomic mass is 9.91. The first-order valence-corrected chi connectivity index (χ1v) is 15.2. The third kappa shape index (κ3) is 12.0. The smallest absolute Gasteiger partial charge is 0.253 e. The number of aliphatic hydroxyl groups is 1. The first-order valence-electron chi connectivity index (χ1n) is 15.2. The van der Waals surface area contributed by atoms with Crippen LogP contribution in [0.1, 0.15) is 79.2 Å². The van der Waals surface area contributed by atoms with Gasteiger partial charge in [-0.25, -0.2) is 8.78 Å². The molecule has 3 atom stereocenters. The molecule has 2 aromatic rings. The molecule has 0 bridgehead atoms. The van der Waals surface area contributed by atoms with Crippen LogP contribution in [0.3, 0.4) is 0 Å². The van der Waals surface area contributed by atoms with Crippen molar-refractivity contribution in [2.75, 3.05) is 40.3 Å². The topological polar surface area (TPSA) is 102 Å². The van der Waals surface area contributed by atoms with Gasteiger partial charge in [-0.05, 0) is 95.1 Å². The van der Waals surface area contributed by atoms with Crippen molar-refractivity contribution < 1.29 is 28.3 Å². The molecule has 0 fully saturated rings. The Morgan fingerprint density at radius 1 is 0.907 bits per heavy atom. The summed E-state index contributed by atoms with van der Waals surface area (Å²) >= 11 is 0. The van der Waals surface area contributed by atoms with E-state index in [1.807, 2.05) is 39.8 Å². The van der Waals surface area contributed by atoms with Crippen molar-refractivity contribution in [1.82, 2.24) is 20.4 Å². The van der Waals surface area contributed by atoms with Gasteiger partial charge in [0.25, 0.3) is 11.8 Å². The van der Waals surface area contributed by atoms with Crippen LogP contribution in [0.2, 0.25) is 0 Å². The van der Waals surface area contributed by atoms with Crippen LogP contribution in [0.25, 0.3) is 0 Å². The second-order valence-corrected chi connectivity index (χ2v) is 11.3. The van der Waals surface area contributed by atoms with E-state index in [1.165, 1.54) is 6.07 Å². The Morgan fingerprint density at radius 3 is 2.12 bits per heavy atom. The van der Waals surface area contributed by atoms with Crippen LogP contribution >= 0.6 is 0 Å². The highest BCUT2D eigenvalue weighted by Gasteiger charge is 2.28. The Kier molecular flexibility index (Phi) is 15.3. The van der Waals surface area contributed by atoms with E-state index >= 15 is 0 Å². The number of hydrogen-bond donors (Lipinski definition) is 3. The molecule has 0 aliphatic carbocycles. The molecule has 8 nitrogen and oxygen atoms in total. The highest BCUT2D eigenvalue weighted by atomic mass is 19.1. The summed E-state index contributed by atoms with van der Waals surface area (Å²) in [4.78, 5) is 43.2. The number of nitrogens with one attached hydrogen (secondary N) is 2. The molecule has 0 saturated carbocycles. The Morgan fingerprint density at radius 2 is 1.53 bits per heavy atom. The van der Waals surface area contributed by atoms with E-state index in [-0.39, 0.29) is 35.8 Å². The quantitative estimate of drug-likeness (QED) is 0.220. The van der Waals surface area contributed by atoms with Crippen molar-refractivity contribution in [2.45, 2.75) is 71.4 Å². The largest absolute Gasteiger partial charge is 0.391 e. The molecule has 0 heterocycles. The van der Waals surface area contributed by atoms with E-state index in [0.717, 1.165) is 44.0 Å². The minimum Gasteiger partial charge on any atom is -0.391 e. The number of benzene rings is 2. The fourth-order valence-corrected chi connectivity index (χ4v) is 5.01. The maximum absolute atomic E-state index is 14.0. The van der Waals surface area contributed by atoms with Gasteiger partial charge in [0.1, 0.15) is 11.6 Å². The van der Waals surface area contributed by atoms with Gasteiger partial charge in [0.05, 0.1) is 12.1 Å². The molecule has 0 unspecified atom stereocenters. The Labute approximate surface area is 254 Å². The summed E-state index contributed by atoms with van der Waals surface area (Å²) in [6.07, 6.45) is 1.63. The molecule has 2 rings (SSSR count). The summed E-state index contributed by atoms with van der Waals surface area (Å²) < 4.78 is 28.0. The number of carbonyl (C=O) groups excluding carboxylic acids is 3. The van der Waals surface area contributed by atoms with Gasteiger partial charge >= 0.3 is 0 Å². The van der Waals surface area contributed by atoms with Gasteiger partial charge in [0.15, 0.2) is 0 Å². The van der Waals surface area contributed by atoms with Gasteiger partial charge in [-0.3, -0.25) is 14.4 Å². The van der Waals surface area contributed by atoms with Gasteiger partial charge in [0.2, 0.25) is 5.91 Å². The average molecular weight is 603 g/mol. The Balaban J connectivity index is 2.26. The van der Waals surface area contributed by atoms with Crippen LogP contribution in [0.15, 0.2) is 42.5 Å². The third-order valence-corrected chi connectivity index (χ3v) is 7.28. The van der Waals surface area contributed by atoms with Crippen LogP contribution in [0, 0.1) is 17.6 Å². The fraction of sp³-hybridized carbons (Fsp3) is 0.545. The van der Waals surface area contributed by atoms with Gasteiger partial charge < -0.3 is 25.5 Å². The lowest BCUT2D eigenvalue weighted by Gasteiger charge is -2.27. The van der Waals surface area contributed by atoms with E-state index in [4.69, 9.17) is 0 Å². The third-order valence-electron chi connectivity index (χ3n) is 7.28. The van der Waals surface area contributed by atoms with Crippen LogP contribution in [-0.2, 0) is 11.2 Å². The van der Waals surface area contributed by atoms with E-state index < -0.39 is 35.6 Å². The van der Waals surface area contributed by atoms with Gasteiger partial charge in [-0.1, -0.05) is 26.8 Å². The molecular formula is C33H48F2N4O4. The molecule has 43 heavy (non-hydrogen) atoms. The highest BCUT2D eigenvalue weighted by Crippen LogP contribution is 2.19. The molecule has 238 valence electrons. The van der Waals surface area contributed by atoms with Crippen LogP contribution in [-0.4, -0.2) is 85.0 Å². The molecule has 0 saturated heterocycles. The Hall–Kier alpha value is -3.37. The monoisotopic (exact) mass is 602 g/mol. The summed E-state index contributed by atoms with van der Waals surface area (Å²) in [5, 5.41) is 17.0. The number of carbonyl (C=O) groups is 3. The van der Waals surface area contributed by atoms with Crippen molar-refractivity contribution >= 4 is 17.7 Å². The van der Waals surface area contributed by atoms with Crippen molar-refractivity contribution in [1.29, 1.82) is 0 Å².